The zero-order valence-electron chi connectivity index (χ0n) is 13.1. The molecule has 20 heavy (non-hydrogen) atoms. The molecule has 1 aromatic carbocycles. The molecule has 0 unspecified atom stereocenters. The van der Waals surface area contributed by atoms with Crippen molar-refractivity contribution in [2.45, 2.75) is 39.7 Å². The Hall–Kier alpha value is -1.55. The van der Waals surface area contributed by atoms with Crippen molar-refractivity contribution in [1.82, 2.24) is 5.32 Å². The maximum Gasteiger partial charge on any atom is 0.226 e. The number of nitrogens with two attached hydrogens (primary N) is 1. The lowest BCUT2D eigenvalue weighted by Crippen LogP contribution is -2.48. The van der Waals surface area contributed by atoms with Crippen molar-refractivity contribution in [3.63, 3.8) is 0 Å². The lowest BCUT2D eigenvalue weighted by atomic mass is 9.84. The number of nitrogens with one attached hydrogen (secondary N) is 1. The van der Waals surface area contributed by atoms with Gasteiger partial charge in [0.15, 0.2) is 0 Å². The van der Waals surface area contributed by atoms with E-state index in [1.54, 1.807) is 7.11 Å². The number of methoxy groups -OCH3 is 1. The van der Waals surface area contributed by atoms with Gasteiger partial charge in [0.2, 0.25) is 5.91 Å². The van der Waals surface area contributed by atoms with Gasteiger partial charge in [0, 0.05) is 17.5 Å². The Morgan fingerprint density at radius 3 is 2.40 bits per heavy atom. The van der Waals surface area contributed by atoms with Crippen LogP contribution >= 0.6 is 0 Å². The minimum atomic E-state index is -0.514. The SMILES string of the molecule is COc1ccccc1CC(C)(C)C(=O)NCC(C)(C)N. The lowest BCUT2D eigenvalue weighted by molar-refractivity contribution is -0.129. The second-order valence-electron chi connectivity index (χ2n) is 6.54. The minimum absolute atomic E-state index is 0.00179. The first-order valence-electron chi connectivity index (χ1n) is 6.85. The molecule has 4 nitrogen and oxygen atoms in total. The van der Waals surface area contributed by atoms with Crippen LogP contribution in [0.25, 0.3) is 0 Å². The van der Waals surface area contributed by atoms with E-state index in [1.807, 2.05) is 52.0 Å². The summed E-state index contributed by atoms with van der Waals surface area (Å²) in [5.41, 5.74) is 6.00. The molecule has 0 spiro atoms. The molecule has 0 atom stereocenters. The smallest absolute Gasteiger partial charge is 0.226 e. The van der Waals surface area contributed by atoms with Crippen LogP contribution in [0.5, 0.6) is 5.75 Å². The second-order valence-corrected chi connectivity index (χ2v) is 6.54. The number of carbonyl (C=O) groups is 1. The summed E-state index contributed by atoms with van der Waals surface area (Å²) in [4.78, 5) is 12.3. The van der Waals surface area contributed by atoms with E-state index in [-0.39, 0.29) is 5.91 Å². The van der Waals surface area contributed by atoms with E-state index in [9.17, 15) is 4.79 Å². The molecule has 0 saturated carbocycles. The molecular formula is C16H26N2O2. The lowest BCUT2D eigenvalue weighted by Gasteiger charge is -2.27. The van der Waals surface area contributed by atoms with E-state index in [0.717, 1.165) is 11.3 Å². The Bertz CT molecular complexity index is 462. The van der Waals surface area contributed by atoms with Crippen molar-refractivity contribution in [2.24, 2.45) is 11.1 Å². The standard InChI is InChI=1S/C16H26N2O2/c1-15(2,14(19)18-11-16(3,4)17)10-12-8-6-7-9-13(12)20-5/h6-9H,10-11,17H2,1-5H3,(H,18,19). The van der Waals surface area contributed by atoms with Gasteiger partial charge in [-0.2, -0.15) is 0 Å². The first-order valence-corrected chi connectivity index (χ1v) is 6.85. The molecule has 0 saturated heterocycles. The molecule has 0 fully saturated rings. The zero-order valence-corrected chi connectivity index (χ0v) is 13.1. The molecule has 3 N–H and O–H groups in total. The zero-order chi connectivity index (χ0) is 15.4. The molecule has 0 radical (unpaired) electrons. The third-order valence-corrected chi connectivity index (χ3v) is 3.14. The highest BCUT2D eigenvalue weighted by molar-refractivity contribution is 5.82. The molecule has 0 aromatic heterocycles. The fraction of sp³-hybridized carbons (Fsp3) is 0.562. The average Bonchev–Trinajstić information content (AvgIpc) is 2.35. The quantitative estimate of drug-likeness (QED) is 0.837. The molecule has 0 heterocycles. The van der Waals surface area contributed by atoms with Crippen LogP contribution in [0.4, 0.5) is 0 Å². The van der Waals surface area contributed by atoms with Crippen LogP contribution in [0.15, 0.2) is 24.3 Å². The Morgan fingerprint density at radius 1 is 1.25 bits per heavy atom. The van der Waals surface area contributed by atoms with Gasteiger partial charge in [-0.05, 0) is 31.9 Å². The maximum atomic E-state index is 12.3. The van der Waals surface area contributed by atoms with E-state index in [1.165, 1.54) is 0 Å². The Morgan fingerprint density at radius 2 is 1.85 bits per heavy atom. The Labute approximate surface area is 121 Å². The van der Waals surface area contributed by atoms with Gasteiger partial charge in [0.1, 0.15) is 5.75 Å². The van der Waals surface area contributed by atoms with Gasteiger partial charge in [-0.15, -0.1) is 0 Å². The summed E-state index contributed by atoms with van der Waals surface area (Å²) in [6.07, 6.45) is 0.619. The number of carbonyl (C=O) groups excluding carboxylic acids is 1. The van der Waals surface area contributed by atoms with Crippen molar-refractivity contribution in [3.8, 4) is 5.75 Å². The molecule has 0 aliphatic rings. The Kier molecular flexibility index (Phi) is 5.17. The minimum Gasteiger partial charge on any atom is -0.496 e. The highest BCUT2D eigenvalue weighted by atomic mass is 16.5. The van der Waals surface area contributed by atoms with Gasteiger partial charge in [-0.3, -0.25) is 4.79 Å². The summed E-state index contributed by atoms with van der Waals surface area (Å²) >= 11 is 0. The van der Waals surface area contributed by atoms with Gasteiger partial charge in [-0.1, -0.05) is 32.0 Å². The molecule has 0 bridgehead atoms. The molecule has 1 rings (SSSR count). The predicted molar refractivity (Wildman–Crippen MR) is 81.8 cm³/mol. The third-order valence-electron chi connectivity index (χ3n) is 3.14. The fourth-order valence-corrected chi connectivity index (χ4v) is 1.95. The first-order chi connectivity index (χ1) is 9.15. The predicted octanol–water partition coefficient (Wildman–Crippen LogP) is 2.12. The van der Waals surface area contributed by atoms with Crippen molar-refractivity contribution in [1.29, 1.82) is 0 Å². The van der Waals surface area contributed by atoms with Crippen LogP contribution < -0.4 is 15.8 Å². The van der Waals surface area contributed by atoms with E-state index in [4.69, 9.17) is 10.5 Å². The highest BCUT2D eigenvalue weighted by Crippen LogP contribution is 2.27. The second kappa shape index (κ2) is 6.27. The molecule has 0 aliphatic carbocycles. The summed E-state index contributed by atoms with van der Waals surface area (Å²) in [5, 5.41) is 2.92. The number of para-hydroxylation sites is 1. The summed E-state index contributed by atoms with van der Waals surface area (Å²) in [6, 6.07) is 7.77. The number of hydrogen-bond donors (Lipinski definition) is 2. The Balaban J connectivity index is 2.76. The van der Waals surface area contributed by atoms with Crippen molar-refractivity contribution in [3.05, 3.63) is 29.8 Å². The van der Waals surface area contributed by atoms with Gasteiger partial charge in [-0.25, -0.2) is 0 Å². The largest absolute Gasteiger partial charge is 0.496 e. The summed E-state index contributed by atoms with van der Waals surface area (Å²) in [7, 11) is 1.64. The molecule has 1 amide bonds. The van der Waals surface area contributed by atoms with Crippen LogP contribution in [-0.4, -0.2) is 25.1 Å². The van der Waals surface area contributed by atoms with Crippen LogP contribution in [0, 0.1) is 5.41 Å². The normalized spacial score (nSPS) is 12.1. The number of rotatable bonds is 6. The van der Waals surface area contributed by atoms with E-state index in [2.05, 4.69) is 5.32 Å². The van der Waals surface area contributed by atoms with Gasteiger partial charge < -0.3 is 15.8 Å². The monoisotopic (exact) mass is 278 g/mol. The van der Waals surface area contributed by atoms with E-state index in [0.29, 0.717) is 13.0 Å². The summed E-state index contributed by atoms with van der Waals surface area (Å²) < 4.78 is 5.33. The number of amides is 1. The molecule has 1 aromatic rings. The van der Waals surface area contributed by atoms with Crippen LogP contribution in [0.1, 0.15) is 33.3 Å². The topological polar surface area (TPSA) is 64.3 Å². The highest BCUT2D eigenvalue weighted by Gasteiger charge is 2.29. The molecule has 112 valence electrons. The summed E-state index contributed by atoms with van der Waals surface area (Å²) in [6.45, 7) is 8.10. The third kappa shape index (κ3) is 4.85. The fourth-order valence-electron chi connectivity index (χ4n) is 1.95. The van der Waals surface area contributed by atoms with E-state index >= 15 is 0 Å². The molecule has 4 heteroatoms. The first kappa shape index (κ1) is 16.5. The van der Waals surface area contributed by atoms with Crippen molar-refractivity contribution < 1.29 is 9.53 Å². The number of ether oxygens (including phenoxy) is 1. The van der Waals surface area contributed by atoms with E-state index < -0.39 is 11.0 Å². The maximum absolute atomic E-state index is 12.3. The van der Waals surface area contributed by atoms with Crippen molar-refractivity contribution >= 4 is 5.91 Å². The van der Waals surface area contributed by atoms with Crippen molar-refractivity contribution in [2.75, 3.05) is 13.7 Å². The number of hydrogen-bond acceptors (Lipinski definition) is 3. The van der Waals surface area contributed by atoms with Gasteiger partial charge in [0.25, 0.3) is 0 Å². The van der Waals surface area contributed by atoms with Crippen LogP contribution in [-0.2, 0) is 11.2 Å². The number of benzene rings is 1. The average molecular weight is 278 g/mol. The summed E-state index contributed by atoms with van der Waals surface area (Å²) in [5.74, 6) is 0.814. The van der Waals surface area contributed by atoms with Crippen LogP contribution in [0.2, 0.25) is 0 Å². The van der Waals surface area contributed by atoms with Gasteiger partial charge in [0.05, 0.1) is 7.11 Å². The van der Waals surface area contributed by atoms with Gasteiger partial charge >= 0.3 is 0 Å². The molecular weight excluding hydrogens is 252 g/mol. The molecule has 0 aliphatic heterocycles. The van der Waals surface area contributed by atoms with Crippen LogP contribution in [0.3, 0.4) is 0 Å².